The van der Waals surface area contributed by atoms with E-state index < -0.39 is 24.4 Å². The molecule has 0 bridgehead atoms. The Labute approximate surface area is 61.4 Å². The average molecular weight is 175 g/mol. The summed E-state index contributed by atoms with van der Waals surface area (Å²) in [7, 11) is 0. The van der Waals surface area contributed by atoms with Crippen molar-refractivity contribution in [3.63, 3.8) is 0 Å². The molecule has 0 saturated heterocycles. The van der Waals surface area contributed by atoms with E-state index in [2.05, 4.69) is 6.92 Å². The van der Waals surface area contributed by atoms with Crippen molar-refractivity contribution in [1.82, 2.24) is 0 Å². The third kappa shape index (κ3) is 1.81. The van der Waals surface area contributed by atoms with Crippen LogP contribution in [0.3, 0.4) is 0 Å². The first-order valence-corrected chi connectivity index (χ1v) is 2.94. The van der Waals surface area contributed by atoms with Crippen LogP contribution >= 0.6 is 0 Å². The summed E-state index contributed by atoms with van der Waals surface area (Å²) in [6, 6.07) is 0. The highest BCUT2D eigenvalue weighted by Crippen LogP contribution is 2.40. The molecule has 11 heavy (non-hydrogen) atoms. The fourth-order valence-corrected chi connectivity index (χ4v) is 0.458. The van der Waals surface area contributed by atoms with Crippen molar-refractivity contribution in [1.29, 1.82) is 0 Å². The van der Waals surface area contributed by atoms with Crippen LogP contribution in [0.4, 0.5) is 22.0 Å². The molecule has 0 aromatic heterocycles. The number of hydrogen-bond donors (Lipinski definition) is 0. The van der Waals surface area contributed by atoms with Crippen LogP contribution in [0.2, 0.25) is 0 Å². The Bertz CT molecular complexity index is 129. The second-order valence-electron chi connectivity index (χ2n) is 2.19. The molecule has 0 nitrogen and oxygen atoms in total. The normalized spacial score (nSPS) is 16.6. The predicted octanol–water partition coefficient (Wildman–Crippen LogP) is 2.84. The molecule has 0 aromatic carbocycles. The summed E-state index contributed by atoms with van der Waals surface area (Å²) in [5.74, 6) is -8.98. The summed E-state index contributed by atoms with van der Waals surface area (Å²) in [6.07, 6.45) is -4.17. The quantitative estimate of drug-likeness (QED) is 0.578. The van der Waals surface area contributed by atoms with Gasteiger partial charge in [-0.1, -0.05) is 0 Å². The zero-order valence-electron chi connectivity index (χ0n) is 5.88. The third-order valence-corrected chi connectivity index (χ3v) is 1.30. The van der Waals surface area contributed by atoms with E-state index in [4.69, 9.17) is 0 Å². The SMILES string of the molecule is [CH2]CC(F)(F)C(F)(F)[C@H](C)F. The molecule has 0 aliphatic carbocycles. The lowest BCUT2D eigenvalue weighted by Crippen LogP contribution is -2.46. The van der Waals surface area contributed by atoms with Crippen LogP contribution < -0.4 is 0 Å². The van der Waals surface area contributed by atoms with E-state index in [0.29, 0.717) is 6.92 Å². The number of rotatable bonds is 3. The second kappa shape index (κ2) is 2.95. The van der Waals surface area contributed by atoms with Crippen molar-refractivity contribution in [3.8, 4) is 0 Å². The van der Waals surface area contributed by atoms with E-state index >= 15 is 0 Å². The van der Waals surface area contributed by atoms with E-state index in [-0.39, 0.29) is 0 Å². The summed E-state index contributed by atoms with van der Waals surface area (Å²) >= 11 is 0. The van der Waals surface area contributed by atoms with Crippen LogP contribution in [0.5, 0.6) is 0 Å². The zero-order valence-corrected chi connectivity index (χ0v) is 5.88. The van der Waals surface area contributed by atoms with Crippen molar-refractivity contribution < 1.29 is 22.0 Å². The molecule has 0 aliphatic rings. The van der Waals surface area contributed by atoms with Crippen LogP contribution in [0.25, 0.3) is 0 Å². The molecule has 0 aromatic rings. The Balaban J connectivity index is 4.53. The molecule has 67 valence electrons. The minimum atomic E-state index is -4.62. The van der Waals surface area contributed by atoms with Gasteiger partial charge in [-0.25, -0.2) is 4.39 Å². The molecular weight excluding hydrogens is 167 g/mol. The first-order valence-electron chi connectivity index (χ1n) is 2.94. The molecule has 5 heteroatoms. The van der Waals surface area contributed by atoms with E-state index in [1.54, 1.807) is 0 Å². The van der Waals surface area contributed by atoms with Crippen LogP contribution in [0, 0.1) is 6.92 Å². The van der Waals surface area contributed by atoms with Gasteiger partial charge in [-0.15, -0.1) is 0 Å². The van der Waals surface area contributed by atoms with Crippen molar-refractivity contribution in [2.24, 2.45) is 0 Å². The molecule has 1 atom stereocenters. The van der Waals surface area contributed by atoms with Gasteiger partial charge in [0, 0.05) is 6.42 Å². The van der Waals surface area contributed by atoms with Gasteiger partial charge in [0.15, 0.2) is 6.17 Å². The molecule has 0 heterocycles. The largest absolute Gasteiger partial charge is 0.340 e. The van der Waals surface area contributed by atoms with Gasteiger partial charge in [-0.2, -0.15) is 17.6 Å². The molecule has 1 radical (unpaired) electrons. The van der Waals surface area contributed by atoms with Gasteiger partial charge in [0.2, 0.25) is 0 Å². The molecule has 0 saturated carbocycles. The predicted molar refractivity (Wildman–Crippen MR) is 30.4 cm³/mol. The Kier molecular flexibility index (Phi) is 2.85. The second-order valence-corrected chi connectivity index (χ2v) is 2.19. The van der Waals surface area contributed by atoms with Gasteiger partial charge >= 0.3 is 11.8 Å². The lowest BCUT2D eigenvalue weighted by Gasteiger charge is -2.26. The van der Waals surface area contributed by atoms with Gasteiger partial charge in [0.05, 0.1) is 0 Å². The summed E-state index contributed by atoms with van der Waals surface area (Å²) in [6.45, 7) is 3.00. The fraction of sp³-hybridized carbons (Fsp3) is 0.833. The average Bonchev–Trinajstić information content (AvgIpc) is 1.87. The third-order valence-electron chi connectivity index (χ3n) is 1.30. The summed E-state index contributed by atoms with van der Waals surface area (Å²) in [5.41, 5.74) is 0. The molecule has 0 rings (SSSR count). The lowest BCUT2D eigenvalue weighted by atomic mass is 10.1. The van der Waals surface area contributed by atoms with Crippen molar-refractivity contribution in [2.45, 2.75) is 31.4 Å². The molecule has 0 spiro atoms. The molecular formula is C6H8F5. The fourth-order valence-electron chi connectivity index (χ4n) is 0.458. The maximum Gasteiger partial charge on any atom is 0.340 e. The van der Waals surface area contributed by atoms with E-state index in [0.717, 1.165) is 0 Å². The van der Waals surface area contributed by atoms with Crippen LogP contribution in [-0.2, 0) is 0 Å². The number of hydrogen-bond acceptors (Lipinski definition) is 0. The number of halogens is 5. The van der Waals surface area contributed by atoms with Crippen molar-refractivity contribution in [3.05, 3.63) is 6.92 Å². The summed E-state index contributed by atoms with van der Waals surface area (Å²) in [5, 5.41) is 0. The van der Waals surface area contributed by atoms with Crippen molar-refractivity contribution in [2.75, 3.05) is 0 Å². The van der Waals surface area contributed by atoms with Gasteiger partial charge < -0.3 is 0 Å². The maximum atomic E-state index is 12.2. The maximum absolute atomic E-state index is 12.2. The highest BCUT2D eigenvalue weighted by molar-refractivity contribution is 4.89. The lowest BCUT2D eigenvalue weighted by molar-refractivity contribution is -0.233. The van der Waals surface area contributed by atoms with E-state index in [1.807, 2.05) is 0 Å². The minimum absolute atomic E-state index is 0.392. The zero-order chi connectivity index (χ0) is 9.28. The van der Waals surface area contributed by atoms with Gasteiger partial charge in [0.1, 0.15) is 0 Å². The summed E-state index contributed by atoms with van der Waals surface area (Å²) in [4.78, 5) is 0. The van der Waals surface area contributed by atoms with Gasteiger partial charge in [0.25, 0.3) is 0 Å². The Morgan fingerprint density at radius 2 is 1.64 bits per heavy atom. The Hall–Kier alpha value is -0.350. The first-order chi connectivity index (χ1) is 4.75. The van der Waals surface area contributed by atoms with Gasteiger partial charge in [-0.3, -0.25) is 0 Å². The van der Waals surface area contributed by atoms with E-state index in [9.17, 15) is 22.0 Å². The van der Waals surface area contributed by atoms with Crippen LogP contribution in [0.15, 0.2) is 0 Å². The minimum Gasteiger partial charge on any atom is -0.241 e. The molecule has 0 unspecified atom stereocenters. The Morgan fingerprint density at radius 3 is 1.73 bits per heavy atom. The Morgan fingerprint density at radius 1 is 1.27 bits per heavy atom. The molecule has 0 amide bonds. The van der Waals surface area contributed by atoms with E-state index in [1.165, 1.54) is 0 Å². The highest BCUT2D eigenvalue weighted by Gasteiger charge is 2.58. The number of alkyl halides is 5. The molecule has 0 aliphatic heterocycles. The molecule has 0 N–H and O–H groups in total. The van der Waals surface area contributed by atoms with Crippen LogP contribution in [0.1, 0.15) is 13.3 Å². The van der Waals surface area contributed by atoms with Crippen molar-refractivity contribution >= 4 is 0 Å². The monoisotopic (exact) mass is 175 g/mol. The topological polar surface area (TPSA) is 0 Å². The first kappa shape index (κ1) is 10.7. The highest BCUT2D eigenvalue weighted by atomic mass is 19.3. The standard InChI is InChI=1S/C6H8F5/c1-3-5(8,9)6(10,11)4(2)7/h4H,1,3H2,2H3/t4-/m0/s1. The van der Waals surface area contributed by atoms with Crippen LogP contribution in [-0.4, -0.2) is 18.0 Å². The molecule has 0 fully saturated rings. The smallest absolute Gasteiger partial charge is 0.241 e. The van der Waals surface area contributed by atoms with Gasteiger partial charge in [-0.05, 0) is 13.8 Å². The summed E-state index contributed by atoms with van der Waals surface area (Å²) < 4.78 is 60.5.